The SMILES string of the molecule is Cc1nccn1CCOc1cc(Cl)cc(-c2ccc(=O)n(C)c2)c1. The molecule has 2 heterocycles. The molecule has 0 amide bonds. The number of nitrogens with zero attached hydrogens (tertiary/aromatic N) is 3. The summed E-state index contributed by atoms with van der Waals surface area (Å²) in [6, 6.07) is 8.89. The van der Waals surface area contributed by atoms with E-state index in [0.717, 1.165) is 17.0 Å². The number of pyridine rings is 1. The first-order chi connectivity index (χ1) is 11.5. The monoisotopic (exact) mass is 343 g/mol. The minimum atomic E-state index is -0.0482. The molecule has 5 nitrogen and oxygen atoms in total. The molecule has 3 rings (SSSR count). The fourth-order valence-corrected chi connectivity index (χ4v) is 2.70. The first kappa shape index (κ1) is 16.3. The summed E-state index contributed by atoms with van der Waals surface area (Å²) in [5.74, 6) is 1.65. The summed E-state index contributed by atoms with van der Waals surface area (Å²) >= 11 is 6.21. The Morgan fingerprint density at radius 2 is 2.04 bits per heavy atom. The van der Waals surface area contributed by atoms with E-state index in [1.54, 1.807) is 42.2 Å². The molecule has 6 heteroatoms. The standard InChI is InChI=1S/C18H18ClN3O2/c1-13-20-5-6-22(13)7-8-24-17-10-15(9-16(19)11-17)14-3-4-18(23)21(2)12-14/h3-6,9-12H,7-8H2,1-2H3. The van der Waals surface area contributed by atoms with Crippen LogP contribution in [0.25, 0.3) is 11.1 Å². The van der Waals surface area contributed by atoms with Crippen molar-refractivity contribution in [1.82, 2.24) is 14.1 Å². The highest BCUT2D eigenvalue weighted by Gasteiger charge is 2.05. The Bertz CT molecular complexity index is 915. The summed E-state index contributed by atoms with van der Waals surface area (Å²) in [7, 11) is 1.72. The van der Waals surface area contributed by atoms with E-state index in [0.29, 0.717) is 23.9 Å². The molecular formula is C18H18ClN3O2. The average Bonchev–Trinajstić information content (AvgIpc) is 2.95. The minimum Gasteiger partial charge on any atom is -0.492 e. The lowest BCUT2D eigenvalue weighted by Crippen LogP contribution is -2.13. The number of ether oxygens (including phenoxy) is 1. The summed E-state index contributed by atoms with van der Waals surface area (Å²) in [5.41, 5.74) is 1.77. The predicted octanol–water partition coefficient (Wildman–Crippen LogP) is 3.29. The van der Waals surface area contributed by atoms with E-state index in [1.165, 1.54) is 0 Å². The van der Waals surface area contributed by atoms with Crippen molar-refractivity contribution >= 4 is 11.6 Å². The van der Waals surface area contributed by atoms with Crippen LogP contribution in [0, 0.1) is 6.92 Å². The number of benzene rings is 1. The van der Waals surface area contributed by atoms with Gasteiger partial charge in [0.2, 0.25) is 5.56 Å². The number of aryl methyl sites for hydroxylation is 2. The zero-order valence-electron chi connectivity index (χ0n) is 13.6. The zero-order chi connectivity index (χ0) is 17.1. The minimum absolute atomic E-state index is 0.0482. The van der Waals surface area contributed by atoms with Gasteiger partial charge in [-0.25, -0.2) is 4.98 Å². The molecule has 0 aliphatic rings. The van der Waals surface area contributed by atoms with Gasteiger partial charge in [0.1, 0.15) is 18.2 Å². The third-order valence-electron chi connectivity index (χ3n) is 3.82. The molecular weight excluding hydrogens is 326 g/mol. The largest absolute Gasteiger partial charge is 0.492 e. The number of imidazole rings is 1. The van der Waals surface area contributed by atoms with Gasteiger partial charge in [0.25, 0.3) is 0 Å². The van der Waals surface area contributed by atoms with Gasteiger partial charge >= 0.3 is 0 Å². The molecule has 124 valence electrons. The number of hydrogen-bond acceptors (Lipinski definition) is 3. The van der Waals surface area contributed by atoms with Crippen LogP contribution in [-0.2, 0) is 13.6 Å². The van der Waals surface area contributed by atoms with Crippen molar-refractivity contribution in [3.05, 3.63) is 70.1 Å². The van der Waals surface area contributed by atoms with Crippen LogP contribution in [0.2, 0.25) is 5.02 Å². The molecule has 24 heavy (non-hydrogen) atoms. The summed E-state index contributed by atoms with van der Waals surface area (Å²) in [6.45, 7) is 3.19. The lowest BCUT2D eigenvalue weighted by Gasteiger charge is -2.11. The Labute approximate surface area is 145 Å². The van der Waals surface area contributed by atoms with Crippen LogP contribution >= 0.6 is 11.6 Å². The fourth-order valence-electron chi connectivity index (χ4n) is 2.48. The molecule has 0 radical (unpaired) electrons. The van der Waals surface area contributed by atoms with Crippen LogP contribution in [0.5, 0.6) is 5.75 Å². The van der Waals surface area contributed by atoms with E-state index in [1.807, 2.05) is 29.8 Å². The van der Waals surface area contributed by atoms with Gasteiger partial charge in [0.05, 0.1) is 6.54 Å². The maximum Gasteiger partial charge on any atom is 0.250 e. The van der Waals surface area contributed by atoms with Crippen LogP contribution in [0.3, 0.4) is 0 Å². The molecule has 0 aliphatic heterocycles. The normalized spacial score (nSPS) is 10.8. The predicted molar refractivity (Wildman–Crippen MR) is 94.6 cm³/mol. The van der Waals surface area contributed by atoms with Crippen LogP contribution in [-0.4, -0.2) is 20.7 Å². The van der Waals surface area contributed by atoms with Crippen molar-refractivity contribution < 1.29 is 4.74 Å². The maximum atomic E-state index is 11.5. The Morgan fingerprint density at radius 3 is 2.75 bits per heavy atom. The van der Waals surface area contributed by atoms with Gasteiger partial charge in [-0.15, -0.1) is 0 Å². The quantitative estimate of drug-likeness (QED) is 0.714. The van der Waals surface area contributed by atoms with Crippen molar-refractivity contribution in [2.45, 2.75) is 13.5 Å². The second-order valence-electron chi connectivity index (χ2n) is 5.56. The fraction of sp³-hybridized carbons (Fsp3) is 0.222. The first-order valence-electron chi connectivity index (χ1n) is 7.61. The molecule has 3 aromatic rings. The van der Waals surface area contributed by atoms with E-state index in [-0.39, 0.29) is 5.56 Å². The van der Waals surface area contributed by atoms with Crippen LogP contribution in [0.4, 0.5) is 0 Å². The van der Waals surface area contributed by atoms with Gasteiger partial charge in [-0.1, -0.05) is 11.6 Å². The van der Waals surface area contributed by atoms with Gasteiger partial charge < -0.3 is 13.9 Å². The highest BCUT2D eigenvalue weighted by molar-refractivity contribution is 6.31. The molecule has 0 unspecified atom stereocenters. The second kappa shape index (κ2) is 6.93. The lowest BCUT2D eigenvalue weighted by atomic mass is 10.1. The van der Waals surface area contributed by atoms with Gasteiger partial charge in [0, 0.05) is 36.7 Å². The third kappa shape index (κ3) is 3.68. The maximum absolute atomic E-state index is 11.5. The van der Waals surface area contributed by atoms with Gasteiger partial charge in [-0.2, -0.15) is 0 Å². The molecule has 0 saturated carbocycles. The van der Waals surface area contributed by atoms with Crippen molar-refractivity contribution in [2.75, 3.05) is 6.61 Å². The highest BCUT2D eigenvalue weighted by atomic mass is 35.5. The number of rotatable bonds is 5. The molecule has 0 fully saturated rings. The zero-order valence-corrected chi connectivity index (χ0v) is 14.3. The second-order valence-corrected chi connectivity index (χ2v) is 6.00. The number of aromatic nitrogens is 3. The summed E-state index contributed by atoms with van der Waals surface area (Å²) < 4.78 is 9.40. The van der Waals surface area contributed by atoms with E-state index < -0.39 is 0 Å². The molecule has 2 aromatic heterocycles. The van der Waals surface area contributed by atoms with Crippen molar-refractivity contribution in [3.63, 3.8) is 0 Å². The van der Waals surface area contributed by atoms with Gasteiger partial charge in [0.15, 0.2) is 0 Å². The number of halogens is 1. The molecule has 0 saturated heterocycles. The smallest absolute Gasteiger partial charge is 0.250 e. The number of hydrogen-bond donors (Lipinski definition) is 0. The van der Waals surface area contributed by atoms with Crippen LogP contribution in [0.1, 0.15) is 5.82 Å². The topological polar surface area (TPSA) is 49.1 Å². The average molecular weight is 344 g/mol. The third-order valence-corrected chi connectivity index (χ3v) is 4.03. The van der Waals surface area contributed by atoms with Crippen LogP contribution < -0.4 is 10.3 Å². The Morgan fingerprint density at radius 1 is 1.21 bits per heavy atom. The summed E-state index contributed by atoms with van der Waals surface area (Å²) in [5, 5.41) is 0.593. The molecule has 0 spiro atoms. The first-order valence-corrected chi connectivity index (χ1v) is 7.99. The Hall–Kier alpha value is -2.53. The van der Waals surface area contributed by atoms with Crippen molar-refractivity contribution in [2.24, 2.45) is 7.05 Å². The lowest BCUT2D eigenvalue weighted by molar-refractivity contribution is 0.297. The van der Waals surface area contributed by atoms with E-state index in [4.69, 9.17) is 16.3 Å². The van der Waals surface area contributed by atoms with Crippen LogP contribution in [0.15, 0.2) is 53.7 Å². The van der Waals surface area contributed by atoms with Gasteiger partial charge in [-0.05, 0) is 42.3 Å². The molecule has 0 bridgehead atoms. The molecule has 0 atom stereocenters. The Kier molecular flexibility index (Phi) is 4.71. The van der Waals surface area contributed by atoms with E-state index in [2.05, 4.69) is 4.98 Å². The summed E-state index contributed by atoms with van der Waals surface area (Å²) in [4.78, 5) is 15.7. The van der Waals surface area contributed by atoms with E-state index >= 15 is 0 Å². The van der Waals surface area contributed by atoms with E-state index in [9.17, 15) is 4.79 Å². The Balaban J connectivity index is 1.77. The van der Waals surface area contributed by atoms with Crippen molar-refractivity contribution in [3.8, 4) is 16.9 Å². The molecule has 1 aromatic carbocycles. The molecule has 0 aliphatic carbocycles. The van der Waals surface area contributed by atoms with Crippen molar-refractivity contribution in [1.29, 1.82) is 0 Å². The highest BCUT2D eigenvalue weighted by Crippen LogP contribution is 2.28. The van der Waals surface area contributed by atoms with Gasteiger partial charge in [-0.3, -0.25) is 4.79 Å². The summed E-state index contributed by atoms with van der Waals surface area (Å²) in [6.07, 6.45) is 5.48. The molecule has 0 N–H and O–H groups in total.